The van der Waals surface area contributed by atoms with Gasteiger partial charge in [-0.2, -0.15) is 0 Å². The predicted molar refractivity (Wildman–Crippen MR) is 152 cm³/mol. The van der Waals surface area contributed by atoms with Gasteiger partial charge < -0.3 is 9.72 Å². The number of methoxy groups -OCH3 is 1. The molecule has 38 heavy (non-hydrogen) atoms. The molecule has 2 aromatic carbocycles. The van der Waals surface area contributed by atoms with Crippen LogP contribution >= 0.6 is 11.8 Å². The summed E-state index contributed by atoms with van der Waals surface area (Å²) in [6.45, 7) is 3.07. The highest BCUT2D eigenvalue weighted by Gasteiger charge is 2.22. The third-order valence-electron chi connectivity index (χ3n) is 7.24. The lowest BCUT2D eigenvalue weighted by atomic mass is 9.93. The lowest BCUT2D eigenvalue weighted by Gasteiger charge is -2.31. The lowest BCUT2D eigenvalue weighted by molar-refractivity contribution is 0.203. The first-order chi connectivity index (χ1) is 18.7. The molecule has 192 valence electrons. The Kier molecular flexibility index (Phi) is 7.07. The lowest BCUT2D eigenvalue weighted by Crippen LogP contribution is -2.32. The average Bonchev–Trinajstić information content (AvgIpc) is 3.47. The second-order valence-electron chi connectivity index (χ2n) is 9.62. The second-order valence-corrected chi connectivity index (χ2v) is 10.4. The van der Waals surface area contributed by atoms with E-state index >= 15 is 0 Å². The smallest absolute Gasteiger partial charge is 0.293 e. The number of hydrogen-bond donors (Lipinski definition) is 1. The van der Waals surface area contributed by atoms with E-state index in [0.29, 0.717) is 11.9 Å². The zero-order chi connectivity index (χ0) is 25.9. The van der Waals surface area contributed by atoms with Crippen molar-refractivity contribution < 1.29 is 4.74 Å². The van der Waals surface area contributed by atoms with Crippen LogP contribution in [0.15, 0.2) is 78.2 Å². The van der Waals surface area contributed by atoms with Gasteiger partial charge in [0.05, 0.1) is 19.0 Å². The van der Waals surface area contributed by atoms with Crippen LogP contribution in [0.4, 0.5) is 0 Å². The minimum atomic E-state index is 0.510. The quantitative estimate of drug-likeness (QED) is 0.202. The number of pyridine rings is 1. The topological polar surface area (TPSA) is 79.8 Å². The van der Waals surface area contributed by atoms with E-state index in [9.17, 15) is 0 Å². The van der Waals surface area contributed by atoms with Gasteiger partial charge in [0.25, 0.3) is 6.01 Å². The summed E-state index contributed by atoms with van der Waals surface area (Å²) in [4.78, 5) is 24.2. The van der Waals surface area contributed by atoms with Crippen LogP contribution in [0.3, 0.4) is 0 Å². The number of nitrogens with one attached hydrogen (secondary N) is 1. The van der Waals surface area contributed by atoms with E-state index in [1.165, 1.54) is 23.0 Å². The molecule has 0 unspecified atom stereocenters. The summed E-state index contributed by atoms with van der Waals surface area (Å²) in [6.07, 6.45) is 7.99. The number of piperidine rings is 1. The van der Waals surface area contributed by atoms with Crippen molar-refractivity contribution in [2.24, 2.45) is 0 Å². The molecule has 0 aliphatic carbocycles. The Hall–Kier alpha value is -3.75. The first-order valence-electron chi connectivity index (χ1n) is 12.9. The Morgan fingerprint density at radius 1 is 0.947 bits per heavy atom. The van der Waals surface area contributed by atoms with Gasteiger partial charge in [0.15, 0.2) is 10.8 Å². The van der Waals surface area contributed by atoms with Crippen LogP contribution in [-0.2, 0) is 6.54 Å². The summed E-state index contributed by atoms with van der Waals surface area (Å²) in [5.41, 5.74) is 7.46. The zero-order valence-corrected chi connectivity index (χ0v) is 22.4. The summed E-state index contributed by atoms with van der Waals surface area (Å²) in [5, 5.41) is 1.67. The highest BCUT2D eigenvalue weighted by Crippen LogP contribution is 2.34. The van der Waals surface area contributed by atoms with Gasteiger partial charge in [-0.1, -0.05) is 66.4 Å². The number of H-pyrrole nitrogens is 1. The first kappa shape index (κ1) is 24.6. The molecule has 0 amide bonds. The Morgan fingerprint density at radius 3 is 2.45 bits per heavy atom. The fourth-order valence-electron chi connectivity index (χ4n) is 5.16. The molecule has 0 bridgehead atoms. The Morgan fingerprint density at radius 2 is 1.74 bits per heavy atom. The molecule has 4 heterocycles. The molecule has 0 spiro atoms. The molecule has 1 saturated heterocycles. The van der Waals surface area contributed by atoms with Crippen molar-refractivity contribution >= 4 is 22.8 Å². The van der Waals surface area contributed by atoms with Crippen LogP contribution in [0.1, 0.15) is 30.0 Å². The summed E-state index contributed by atoms with van der Waals surface area (Å²) in [7, 11) is 1.64. The van der Waals surface area contributed by atoms with Gasteiger partial charge in [0.1, 0.15) is 0 Å². The number of fused-ring (bicyclic) bond motifs is 1. The number of likely N-dealkylation sites (tertiary alicyclic amines) is 1. The number of benzene rings is 2. The first-order valence-corrected chi connectivity index (χ1v) is 14.1. The minimum Gasteiger partial charge on any atom is -0.468 e. The van der Waals surface area contributed by atoms with E-state index in [0.717, 1.165) is 71.1 Å². The normalized spacial score (nSPS) is 14.7. The van der Waals surface area contributed by atoms with Crippen molar-refractivity contribution in [1.82, 2.24) is 29.8 Å². The van der Waals surface area contributed by atoms with E-state index in [2.05, 4.69) is 79.4 Å². The monoisotopic (exact) mass is 522 g/mol. The van der Waals surface area contributed by atoms with Crippen molar-refractivity contribution in [2.75, 3.05) is 26.5 Å². The van der Waals surface area contributed by atoms with Crippen LogP contribution in [0.2, 0.25) is 0 Å². The number of thioether (sulfide) groups is 1. The Balaban J connectivity index is 1.22. The molecule has 1 fully saturated rings. The molecule has 1 aliphatic rings. The van der Waals surface area contributed by atoms with Crippen LogP contribution in [0, 0.1) is 0 Å². The Bertz CT molecular complexity index is 1530. The maximum Gasteiger partial charge on any atom is 0.293 e. The van der Waals surface area contributed by atoms with Gasteiger partial charge in [-0.05, 0) is 49.4 Å². The fraction of sp³-hybridized carbons (Fsp3) is 0.267. The van der Waals surface area contributed by atoms with E-state index in [1.54, 1.807) is 7.11 Å². The standard InChI is InChI=1S/C30H30N6OS/c1-37-29-31-18-26(33-29)22-12-14-36(15-13-22)19-20-8-10-23(11-9-20)27-25(21-6-4-3-5-7-21)16-24-17-32-30(38-2)35-28(24)34-27/h3-11,16-18,22H,12-15,19H2,1-2H3,(H,31,33). The van der Waals surface area contributed by atoms with Crippen LogP contribution in [-0.4, -0.2) is 56.3 Å². The summed E-state index contributed by atoms with van der Waals surface area (Å²) < 4.78 is 5.20. The third-order valence-corrected chi connectivity index (χ3v) is 7.80. The number of imidazole rings is 1. The SMILES string of the molecule is COc1ncc(C2CCN(Cc3ccc(-c4nc5nc(SC)ncc5cc4-c4ccccc4)cc3)CC2)[nH]1. The molecule has 0 atom stereocenters. The van der Waals surface area contributed by atoms with E-state index in [4.69, 9.17) is 9.72 Å². The molecule has 1 N–H and O–H groups in total. The number of rotatable bonds is 7. The summed E-state index contributed by atoms with van der Waals surface area (Å²) in [5.74, 6) is 0.510. The number of aromatic nitrogens is 5. The molecule has 5 aromatic rings. The van der Waals surface area contributed by atoms with Crippen LogP contribution in [0.5, 0.6) is 6.01 Å². The maximum absolute atomic E-state index is 5.20. The highest BCUT2D eigenvalue weighted by atomic mass is 32.2. The van der Waals surface area contributed by atoms with Crippen LogP contribution in [0.25, 0.3) is 33.4 Å². The molecular weight excluding hydrogens is 492 g/mol. The van der Waals surface area contributed by atoms with Crippen LogP contribution < -0.4 is 4.74 Å². The number of nitrogens with zero attached hydrogens (tertiary/aromatic N) is 5. The minimum absolute atomic E-state index is 0.510. The van der Waals surface area contributed by atoms with Crippen molar-refractivity contribution in [3.05, 3.63) is 84.3 Å². The zero-order valence-electron chi connectivity index (χ0n) is 21.6. The van der Waals surface area contributed by atoms with Gasteiger partial charge in [-0.25, -0.2) is 19.9 Å². The number of ether oxygens (including phenoxy) is 1. The molecule has 0 saturated carbocycles. The predicted octanol–water partition coefficient (Wildman–Crippen LogP) is 6.19. The average molecular weight is 523 g/mol. The summed E-state index contributed by atoms with van der Waals surface area (Å²) in [6, 6.07) is 22.0. The van der Waals surface area contributed by atoms with E-state index in [-0.39, 0.29) is 0 Å². The molecule has 6 rings (SSSR count). The van der Waals surface area contributed by atoms with Crippen molar-refractivity contribution in [3.8, 4) is 28.4 Å². The third kappa shape index (κ3) is 5.14. The second kappa shape index (κ2) is 10.9. The van der Waals surface area contributed by atoms with Gasteiger partial charge in [-0.3, -0.25) is 4.90 Å². The molecule has 7 nitrogen and oxygen atoms in total. The number of aromatic amines is 1. The van der Waals surface area contributed by atoms with Gasteiger partial charge in [-0.15, -0.1) is 0 Å². The molecule has 1 aliphatic heterocycles. The molecule has 3 aromatic heterocycles. The summed E-state index contributed by atoms with van der Waals surface area (Å²) >= 11 is 1.53. The fourth-order valence-corrected chi connectivity index (χ4v) is 5.50. The van der Waals surface area contributed by atoms with Gasteiger partial charge in [0.2, 0.25) is 0 Å². The molecule has 0 radical (unpaired) electrons. The van der Waals surface area contributed by atoms with Gasteiger partial charge in [0, 0.05) is 40.9 Å². The van der Waals surface area contributed by atoms with Gasteiger partial charge >= 0.3 is 0 Å². The molecular formula is C30H30N6OS. The van der Waals surface area contributed by atoms with Crippen molar-refractivity contribution in [3.63, 3.8) is 0 Å². The van der Waals surface area contributed by atoms with E-state index < -0.39 is 0 Å². The largest absolute Gasteiger partial charge is 0.468 e. The maximum atomic E-state index is 5.20. The Labute approximate surface area is 226 Å². The number of hydrogen-bond acceptors (Lipinski definition) is 7. The van der Waals surface area contributed by atoms with Crippen molar-refractivity contribution in [2.45, 2.75) is 30.5 Å². The highest BCUT2D eigenvalue weighted by molar-refractivity contribution is 7.98. The molecule has 8 heteroatoms. The van der Waals surface area contributed by atoms with Crippen molar-refractivity contribution in [1.29, 1.82) is 0 Å². The van der Waals surface area contributed by atoms with E-state index in [1.807, 2.05) is 24.7 Å².